The van der Waals surface area contributed by atoms with Crippen LogP contribution in [0.3, 0.4) is 0 Å². The Balaban J connectivity index is 2.72. The zero-order valence-corrected chi connectivity index (χ0v) is 11.0. The average molecular weight is 264 g/mol. The molecule has 0 spiro atoms. The van der Waals surface area contributed by atoms with Gasteiger partial charge in [-0.1, -0.05) is 6.07 Å². The molecule has 1 aromatic rings. The summed E-state index contributed by atoms with van der Waals surface area (Å²) in [5, 5.41) is 0. The third-order valence-electron chi connectivity index (χ3n) is 2.67. The van der Waals surface area contributed by atoms with Crippen LogP contribution in [0.5, 0.6) is 5.75 Å². The Labute approximate surface area is 112 Å². The average Bonchev–Trinajstić information content (AvgIpc) is 2.38. The molecule has 4 nitrogen and oxygen atoms in total. The molecule has 0 radical (unpaired) electrons. The number of carbonyl (C=O) groups is 1. The van der Waals surface area contributed by atoms with Crippen molar-refractivity contribution in [2.45, 2.75) is 19.0 Å². The van der Waals surface area contributed by atoms with E-state index in [-0.39, 0.29) is 24.6 Å². The van der Waals surface area contributed by atoms with Crippen LogP contribution in [0.1, 0.15) is 12.0 Å². The standard InChI is InChI=1S/C14H17FN2O2/c1-4-5-12(16)14(18)17(2)9-10-6-7-13(19-3)11(15)8-10/h1,6-8,12H,5,9,16H2,2-3H3. The number of methoxy groups -OCH3 is 1. The summed E-state index contributed by atoms with van der Waals surface area (Å²) < 4.78 is 18.3. The molecule has 0 heterocycles. The second-order valence-corrected chi connectivity index (χ2v) is 4.18. The molecule has 0 aliphatic heterocycles. The second kappa shape index (κ2) is 6.76. The number of nitrogens with two attached hydrogens (primary N) is 1. The Hall–Kier alpha value is -2.06. The van der Waals surface area contributed by atoms with Gasteiger partial charge < -0.3 is 15.4 Å². The van der Waals surface area contributed by atoms with Crippen molar-refractivity contribution in [3.8, 4) is 18.1 Å². The summed E-state index contributed by atoms with van der Waals surface area (Å²) in [5.41, 5.74) is 6.28. The van der Waals surface area contributed by atoms with Crippen molar-refractivity contribution in [3.63, 3.8) is 0 Å². The van der Waals surface area contributed by atoms with Crippen molar-refractivity contribution in [2.24, 2.45) is 5.73 Å². The number of nitrogens with zero attached hydrogens (tertiary/aromatic N) is 1. The van der Waals surface area contributed by atoms with E-state index in [2.05, 4.69) is 5.92 Å². The Morgan fingerprint density at radius 3 is 2.84 bits per heavy atom. The van der Waals surface area contributed by atoms with Gasteiger partial charge in [0.15, 0.2) is 11.6 Å². The second-order valence-electron chi connectivity index (χ2n) is 4.18. The SMILES string of the molecule is C#CCC(N)C(=O)N(C)Cc1ccc(OC)c(F)c1. The third kappa shape index (κ3) is 3.97. The maximum atomic E-state index is 13.5. The van der Waals surface area contributed by atoms with E-state index >= 15 is 0 Å². The summed E-state index contributed by atoms with van der Waals surface area (Å²) in [6.07, 6.45) is 5.29. The Kier molecular flexibility index (Phi) is 5.34. The fraction of sp³-hybridized carbons (Fsp3) is 0.357. The first-order chi connectivity index (χ1) is 8.99. The van der Waals surface area contributed by atoms with Crippen LogP contribution in [0.2, 0.25) is 0 Å². The molecule has 1 aromatic carbocycles. The van der Waals surface area contributed by atoms with Gasteiger partial charge in [0, 0.05) is 20.0 Å². The van der Waals surface area contributed by atoms with E-state index in [4.69, 9.17) is 16.9 Å². The highest BCUT2D eigenvalue weighted by Crippen LogP contribution is 2.18. The van der Waals surface area contributed by atoms with E-state index in [9.17, 15) is 9.18 Å². The number of hydrogen-bond acceptors (Lipinski definition) is 3. The number of rotatable bonds is 5. The molecule has 0 saturated heterocycles. The molecule has 1 rings (SSSR count). The number of likely N-dealkylation sites (N-methyl/N-ethyl adjacent to an activating group) is 1. The molecule has 0 aliphatic rings. The van der Waals surface area contributed by atoms with Crippen LogP contribution in [0.25, 0.3) is 0 Å². The molecule has 0 aromatic heterocycles. The van der Waals surface area contributed by atoms with Crippen molar-refractivity contribution >= 4 is 5.91 Å². The lowest BCUT2D eigenvalue weighted by Gasteiger charge is -2.20. The molecular weight excluding hydrogens is 247 g/mol. The topological polar surface area (TPSA) is 55.6 Å². The minimum atomic E-state index is -0.724. The fourth-order valence-electron chi connectivity index (χ4n) is 1.66. The third-order valence-corrected chi connectivity index (χ3v) is 2.67. The summed E-state index contributed by atoms with van der Waals surface area (Å²) in [7, 11) is 2.99. The van der Waals surface area contributed by atoms with Gasteiger partial charge in [-0.25, -0.2) is 4.39 Å². The molecule has 0 saturated carbocycles. The van der Waals surface area contributed by atoms with Crippen LogP contribution in [0.4, 0.5) is 4.39 Å². The summed E-state index contributed by atoms with van der Waals surface area (Å²) in [6, 6.07) is 3.82. The highest BCUT2D eigenvalue weighted by Gasteiger charge is 2.17. The molecule has 1 amide bonds. The van der Waals surface area contributed by atoms with E-state index in [1.165, 1.54) is 24.1 Å². The molecule has 1 unspecified atom stereocenters. The minimum Gasteiger partial charge on any atom is -0.494 e. The summed E-state index contributed by atoms with van der Waals surface area (Å²) in [6.45, 7) is 0.262. The van der Waals surface area contributed by atoms with Crippen molar-refractivity contribution in [1.82, 2.24) is 4.90 Å². The number of ether oxygens (including phenoxy) is 1. The quantitative estimate of drug-likeness (QED) is 0.811. The fourth-order valence-corrected chi connectivity index (χ4v) is 1.66. The maximum absolute atomic E-state index is 13.5. The summed E-state index contributed by atoms with van der Waals surface area (Å²) in [5.74, 6) is 1.78. The zero-order chi connectivity index (χ0) is 14.4. The van der Waals surface area contributed by atoms with Gasteiger partial charge in [-0.05, 0) is 17.7 Å². The van der Waals surface area contributed by atoms with Gasteiger partial charge in [0.25, 0.3) is 0 Å². The van der Waals surface area contributed by atoms with Crippen molar-refractivity contribution in [1.29, 1.82) is 0 Å². The molecule has 19 heavy (non-hydrogen) atoms. The van der Waals surface area contributed by atoms with Crippen LogP contribution in [-0.4, -0.2) is 31.0 Å². The van der Waals surface area contributed by atoms with Gasteiger partial charge in [-0.3, -0.25) is 4.79 Å². The van der Waals surface area contributed by atoms with Crippen molar-refractivity contribution in [3.05, 3.63) is 29.6 Å². The Morgan fingerprint density at radius 2 is 2.32 bits per heavy atom. The first-order valence-electron chi connectivity index (χ1n) is 5.76. The lowest BCUT2D eigenvalue weighted by molar-refractivity contribution is -0.131. The smallest absolute Gasteiger partial charge is 0.240 e. The molecule has 0 bridgehead atoms. The molecule has 0 fully saturated rings. The Morgan fingerprint density at radius 1 is 1.63 bits per heavy atom. The molecule has 1 atom stereocenters. The molecule has 2 N–H and O–H groups in total. The van der Waals surface area contributed by atoms with E-state index in [1.807, 2.05) is 0 Å². The van der Waals surface area contributed by atoms with Gasteiger partial charge in [-0.15, -0.1) is 12.3 Å². The molecular formula is C14H17FN2O2. The van der Waals surface area contributed by atoms with Gasteiger partial charge >= 0.3 is 0 Å². The summed E-state index contributed by atoms with van der Waals surface area (Å²) >= 11 is 0. The van der Waals surface area contributed by atoms with Crippen molar-refractivity contribution in [2.75, 3.05) is 14.2 Å². The van der Waals surface area contributed by atoms with E-state index in [0.717, 1.165) is 0 Å². The summed E-state index contributed by atoms with van der Waals surface area (Å²) in [4.78, 5) is 13.3. The van der Waals surface area contributed by atoms with E-state index in [1.54, 1.807) is 13.1 Å². The van der Waals surface area contributed by atoms with Crippen LogP contribution < -0.4 is 10.5 Å². The highest BCUT2D eigenvalue weighted by molar-refractivity contribution is 5.81. The lowest BCUT2D eigenvalue weighted by atomic mass is 10.1. The van der Waals surface area contributed by atoms with Crippen LogP contribution in [0, 0.1) is 18.2 Å². The lowest BCUT2D eigenvalue weighted by Crippen LogP contribution is -2.41. The van der Waals surface area contributed by atoms with E-state index in [0.29, 0.717) is 5.56 Å². The van der Waals surface area contributed by atoms with Gasteiger partial charge in [-0.2, -0.15) is 0 Å². The van der Waals surface area contributed by atoms with Crippen LogP contribution >= 0.6 is 0 Å². The normalized spacial score (nSPS) is 11.5. The van der Waals surface area contributed by atoms with E-state index < -0.39 is 11.9 Å². The zero-order valence-electron chi connectivity index (χ0n) is 11.0. The van der Waals surface area contributed by atoms with Gasteiger partial charge in [0.05, 0.1) is 13.2 Å². The minimum absolute atomic E-state index is 0.168. The number of halogens is 1. The van der Waals surface area contributed by atoms with Crippen LogP contribution in [0.15, 0.2) is 18.2 Å². The first kappa shape index (κ1) is 15.0. The van der Waals surface area contributed by atoms with Crippen LogP contribution in [-0.2, 0) is 11.3 Å². The predicted molar refractivity (Wildman–Crippen MR) is 70.9 cm³/mol. The predicted octanol–water partition coefficient (Wildman–Crippen LogP) is 1.14. The molecule has 5 heteroatoms. The van der Waals surface area contributed by atoms with Gasteiger partial charge in [0.1, 0.15) is 0 Å². The largest absolute Gasteiger partial charge is 0.494 e. The molecule has 102 valence electrons. The number of benzene rings is 1. The number of amides is 1. The van der Waals surface area contributed by atoms with Crippen molar-refractivity contribution < 1.29 is 13.9 Å². The Bertz CT molecular complexity index is 497. The monoisotopic (exact) mass is 264 g/mol. The number of carbonyl (C=O) groups excluding carboxylic acids is 1. The van der Waals surface area contributed by atoms with Gasteiger partial charge in [0.2, 0.25) is 5.91 Å². The number of hydrogen-bond donors (Lipinski definition) is 1. The maximum Gasteiger partial charge on any atom is 0.240 e. The highest BCUT2D eigenvalue weighted by atomic mass is 19.1. The number of terminal acetylenes is 1. The first-order valence-corrected chi connectivity index (χ1v) is 5.76. The molecule has 0 aliphatic carbocycles.